The molecule has 0 radical (unpaired) electrons. The average molecular weight is 725 g/mol. The number of rotatable bonds is 20. The largest absolute Gasteiger partial charge is 0.436 e. The molecule has 1 aromatic carbocycles. The number of likely N-dealkylation sites (N-methyl/N-ethyl adjacent to an activating group) is 3. The summed E-state index contributed by atoms with van der Waals surface area (Å²) in [4.78, 5) is 66.1. The van der Waals surface area contributed by atoms with Gasteiger partial charge in [0.25, 0.3) is 5.91 Å². The first-order chi connectivity index (χ1) is 24.7. The van der Waals surface area contributed by atoms with Crippen LogP contribution < -0.4 is 5.32 Å². The first kappa shape index (κ1) is 42.5. The van der Waals surface area contributed by atoms with Gasteiger partial charge in [-0.25, -0.2) is 9.78 Å². The number of nitrogens with one attached hydrogen (secondary N) is 2. The fraction of sp³-hybridized carbons (Fsp3) is 0.675. The molecule has 52 heavy (non-hydrogen) atoms. The molecule has 1 fully saturated rings. The summed E-state index contributed by atoms with van der Waals surface area (Å²) in [6.07, 6.45) is 8.93. The predicted molar refractivity (Wildman–Crippen MR) is 202 cm³/mol. The van der Waals surface area contributed by atoms with Crippen LogP contribution in [0.15, 0.2) is 42.9 Å². The first-order valence-corrected chi connectivity index (χ1v) is 19.2. The van der Waals surface area contributed by atoms with Crippen LogP contribution in [0.1, 0.15) is 96.7 Å². The number of amides is 4. The number of carbonyl (C=O) groups is 4. The summed E-state index contributed by atoms with van der Waals surface area (Å²) in [5.74, 6) is 0.111. The van der Waals surface area contributed by atoms with E-state index in [1.165, 1.54) is 22.5 Å². The van der Waals surface area contributed by atoms with E-state index in [0.29, 0.717) is 43.3 Å². The smallest absolute Gasteiger partial charge is 0.410 e. The lowest BCUT2D eigenvalue weighted by Gasteiger charge is -2.34. The van der Waals surface area contributed by atoms with Crippen molar-refractivity contribution in [3.8, 4) is 0 Å². The van der Waals surface area contributed by atoms with Gasteiger partial charge in [0.1, 0.15) is 6.04 Å². The monoisotopic (exact) mass is 724 g/mol. The molecule has 0 saturated heterocycles. The third-order valence-electron chi connectivity index (χ3n) is 10.1. The summed E-state index contributed by atoms with van der Waals surface area (Å²) in [7, 11) is 4.82. The zero-order valence-corrected chi connectivity index (χ0v) is 32.6. The molecule has 1 heterocycles. The van der Waals surface area contributed by atoms with E-state index in [9.17, 15) is 24.3 Å². The number of carbonyl (C=O) groups excluding carboxylic acids is 4. The Morgan fingerprint density at radius 2 is 1.60 bits per heavy atom. The Morgan fingerprint density at radius 1 is 0.923 bits per heavy atom. The fourth-order valence-electron chi connectivity index (χ4n) is 6.71. The van der Waals surface area contributed by atoms with Gasteiger partial charge < -0.3 is 34.8 Å². The maximum Gasteiger partial charge on any atom is 0.410 e. The van der Waals surface area contributed by atoms with Gasteiger partial charge in [-0.1, -0.05) is 90.1 Å². The molecule has 1 aliphatic carbocycles. The molecule has 1 aliphatic rings. The minimum absolute atomic E-state index is 0.00910. The van der Waals surface area contributed by atoms with Crippen molar-refractivity contribution < 1.29 is 29.0 Å². The summed E-state index contributed by atoms with van der Waals surface area (Å²) in [5, 5.41) is 14.5. The van der Waals surface area contributed by atoms with Crippen molar-refractivity contribution in [3.63, 3.8) is 0 Å². The van der Waals surface area contributed by atoms with Crippen molar-refractivity contribution in [2.75, 3.05) is 34.2 Å². The molecule has 12 nitrogen and oxygen atoms in total. The van der Waals surface area contributed by atoms with E-state index in [-0.39, 0.29) is 37.1 Å². The molecule has 3 N–H and O–H groups in total. The normalized spacial score (nSPS) is 15.8. The summed E-state index contributed by atoms with van der Waals surface area (Å²) in [5.41, 5.74) is 1.38. The Morgan fingerprint density at radius 3 is 2.21 bits per heavy atom. The van der Waals surface area contributed by atoms with Gasteiger partial charge in [0.15, 0.2) is 6.10 Å². The number of hydrogen-bond donors (Lipinski definition) is 3. The molecule has 0 unspecified atom stereocenters. The van der Waals surface area contributed by atoms with E-state index in [1.54, 1.807) is 32.2 Å². The number of aromatic amines is 1. The lowest BCUT2D eigenvalue weighted by Crippen LogP contribution is -2.56. The van der Waals surface area contributed by atoms with Crippen LogP contribution in [-0.2, 0) is 32.0 Å². The lowest BCUT2D eigenvalue weighted by atomic mass is 9.83. The number of aliphatic hydroxyl groups excluding tert-OH is 1. The standard InChI is InChI=1S/C40H64N6O6/c1-28(2)18-19-35(47)33(23-30-14-10-8-11-15-30)43-38(49)34(25-32-26-41-27-42-32)46(7)39(50)36(24-31-16-12-9-13-17-31)52-40(51)45(6)21-20-44(5)37(48)22-29(3)4/h9,12-13,16-17,26-30,33-36,47H,8,10-11,14-15,18-25H2,1-7H3,(H,41,42)(H,43,49)/t33-,34-,35-,36-/m0/s1. The summed E-state index contributed by atoms with van der Waals surface area (Å²) in [6.45, 7) is 8.72. The van der Waals surface area contributed by atoms with E-state index >= 15 is 0 Å². The van der Waals surface area contributed by atoms with E-state index in [4.69, 9.17) is 4.74 Å². The second-order valence-electron chi connectivity index (χ2n) is 15.5. The molecule has 12 heteroatoms. The Labute approximate surface area is 311 Å². The van der Waals surface area contributed by atoms with Crippen LogP contribution in [0.5, 0.6) is 0 Å². The molecule has 3 rings (SSSR count). The Hall–Kier alpha value is -3.93. The van der Waals surface area contributed by atoms with Crippen molar-refractivity contribution in [2.45, 2.75) is 123 Å². The summed E-state index contributed by atoms with van der Waals surface area (Å²) in [6, 6.07) is 7.83. The third-order valence-corrected chi connectivity index (χ3v) is 10.1. The highest BCUT2D eigenvalue weighted by Gasteiger charge is 2.36. The Balaban J connectivity index is 1.83. The van der Waals surface area contributed by atoms with Crippen molar-refractivity contribution in [2.24, 2.45) is 17.8 Å². The van der Waals surface area contributed by atoms with E-state index < -0.39 is 36.3 Å². The molecule has 2 aromatic rings. The topological polar surface area (TPSA) is 148 Å². The zero-order chi connectivity index (χ0) is 38.2. The number of aromatic nitrogens is 2. The Kier molecular flexibility index (Phi) is 17.6. The summed E-state index contributed by atoms with van der Waals surface area (Å²) < 4.78 is 5.89. The number of hydrogen-bond acceptors (Lipinski definition) is 7. The average Bonchev–Trinajstić information content (AvgIpc) is 3.64. The molecule has 0 bridgehead atoms. The highest BCUT2D eigenvalue weighted by molar-refractivity contribution is 5.90. The number of H-pyrrole nitrogens is 1. The van der Waals surface area contributed by atoms with Gasteiger partial charge in [-0.15, -0.1) is 0 Å². The molecule has 0 spiro atoms. The molecule has 1 aromatic heterocycles. The van der Waals surface area contributed by atoms with Crippen LogP contribution in [-0.4, -0.2) is 112 Å². The molecule has 0 aliphatic heterocycles. The second-order valence-corrected chi connectivity index (χ2v) is 15.5. The zero-order valence-electron chi connectivity index (χ0n) is 32.6. The molecular formula is C40H64N6O6. The number of nitrogens with zero attached hydrogens (tertiary/aromatic N) is 4. The first-order valence-electron chi connectivity index (χ1n) is 19.2. The molecule has 4 atom stereocenters. The quantitative estimate of drug-likeness (QED) is 0.170. The number of imidazole rings is 1. The maximum absolute atomic E-state index is 14.4. The SMILES string of the molecule is CC(C)CC[C@H](O)[C@H](CC1CCCCC1)NC(=O)[C@H](Cc1c[nH]cn1)N(C)C(=O)[C@H](Cc1ccccc1)OC(=O)N(C)CCN(C)C(=O)CC(C)C. The van der Waals surface area contributed by atoms with Crippen LogP contribution in [0.25, 0.3) is 0 Å². The van der Waals surface area contributed by atoms with Gasteiger partial charge in [-0.05, 0) is 42.6 Å². The highest BCUT2D eigenvalue weighted by atomic mass is 16.6. The van der Waals surface area contributed by atoms with Gasteiger partial charge in [-0.3, -0.25) is 14.4 Å². The maximum atomic E-state index is 14.4. The lowest BCUT2D eigenvalue weighted by molar-refractivity contribution is -0.146. The minimum Gasteiger partial charge on any atom is -0.436 e. The predicted octanol–water partition coefficient (Wildman–Crippen LogP) is 5.22. The van der Waals surface area contributed by atoms with Crippen LogP contribution in [0.2, 0.25) is 0 Å². The van der Waals surface area contributed by atoms with Gasteiger partial charge in [0.05, 0.1) is 24.2 Å². The fourth-order valence-corrected chi connectivity index (χ4v) is 6.71. The van der Waals surface area contributed by atoms with Crippen LogP contribution >= 0.6 is 0 Å². The van der Waals surface area contributed by atoms with Gasteiger partial charge in [0, 0.05) is 59.7 Å². The molecule has 4 amide bonds. The van der Waals surface area contributed by atoms with Crippen molar-refractivity contribution in [3.05, 3.63) is 54.1 Å². The van der Waals surface area contributed by atoms with Crippen LogP contribution in [0, 0.1) is 17.8 Å². The van der Waals surface area contributed by atoms with Crippen LogP contribution in [0.3, 0.4) is 0 Å². The minimum atomic E-state index is -1.23. The van der Waals surface area contributed by atoms with Crippen LogP contribution in [0.4, 0.5) is 4.79 Å². The van der Waals surface area contributed by atoms with Gasteiger partial charge in [0.2, 0.25) is 11.8 Å². The Bertz CT molecular complexity index is 1360. The van der Waals surface area contributed by atoms with Crippen molar-refractivity contribution in [1.29, 1.82) is 0 Å². The van der Waals surface area contributed by atoms with Gasteiger partial charge >= 0.3 is 6.09 Å². The number of aliphatic hydroxyl groups is 1. The second kappa shape index (κ2) is 21.6. The van der Waals surface area contributed by atoms with E-state index in [2.05, 4.69) is 29.1 Å². The third kappa shape index (κ3) is 14.2. The number of benzene rings is 1. The van der Waals surface area contributed by atoms with E-state index in [0.717, 1.165) is 37.7 Å². The van der Waals surface area contributed by atoms with Gasteiger partial charge in [-0.2, -0.15) is 0 Å². The van der Waals surface area contributed by atoms with Crippen molar-refractivity contribution in [1.82, 2.24) is 30.0 Å². The molecule has 290 valence electrons. The highest BCUT2D eigenvalue weighted by Crippen LogP contribution is 2.29. The van der Waals surface area contributed by atoms with Crippen molar-refractivity contribution >= 4 is 23.8 Å². The molecule has 1 saturated carbocycles. The van der Waals surface area contributed by atoms with E-state index in [1.807, 2.05) is 44.2 Å². The summed E-state index contributed by atoms with van der Waals surface area (Å²) >= 11 is 0. The molecular weight excluding hydrogens is 660 g/mol. The number of ether oxygens (including phenoxy) is 1.